The monoisotopic (exact) mass is 278 g/mol. The second-order valence-electron chi connectivity index (χ2n) is 3.58. The first-order chi connectivity index (χ1) is 8.83. The molecule has 0 radical (unpaired) electrons. The van der Waals surface area contributed by atoms with Gasteiger partial charge < -0.3 is 9.47 Å². The second kappa shape index (κ2) is 7.38. The normalized spacial score (nSPS) is 10.0. The van der Waals surface area contributed by atoms with Crippen molar-refractivity contribution in [2.24, 2.45) is 4.99 Å². The van der Waals surface area contributed by atoms with Crippen molar-refractivity contribution >= 4 is 24.3 Å². The van der Waals surface area contributed by atoms with E-state index in [2.05, 4.69) is 9.98 Å². The minimum Gasteiger partial charge on any atom is -0.497 e. The van der Waals surface area contributed by atoms with Gasteiger partial charge in [-0.25, -0.2) is 0 Å². The minimum atomic E-state index is 0. The van der Waals surface area contributed by atoms with E-state index in [0.29, 0.717) is 5.75 Å². The molecule has 0 saturated heterocycles. The Hall–Kier alpha value is -2.07. The highest BCUT2D eigenvalue weighted by Crippen LogP contribution is 2.31. The Morgan fingerprint density at radius 2 is 2.00 bits per heavy atom. The molecule has 0 saturated carbocycles. The number of aliphatic imine (C=N–C) groups is 1. The Balaban J connectivity index is 0.00000180. The SMILES string of the molecule is COc1ccc(N=Cc2cccnc2)c(OC)c1.Cl. The Morgan fingerprint density at radius 1 is 1.16 bits per heavy atom. The van der Waals surface area contributed by atoms with E-state index in [9.17, 15) is 0 Å². The Bertz CT molecular complexity index is 544. The number of hydrogen-bond donors (Lipinski definition) is 0. The van der Waals surface area contributed by atoms with E-state index in [1.165, 1.54) is 0 Å². The maximum atomic E-state index is 5.27. The van der Waals surface area contributed by atoms with Crippen molar-refractivity contribution in [3.8, 4) is 11.5 Å². The molecule has 0 aliphatic heterocycles. The van der Waals surface area contributed by atoms with Crippen LogP contribution in [0, 0.1) is 0 Å². The molecule has 4 nitrogen and oxygen atoms in total. The third-order valence-corrected chi connectivity index (χ3v) is 2.42. The van der Waals surface area contributed by atoms with E-state index in [0.717, 1.165) is 17.0 Å². The van der Waals surface area contributed by atoms with Gasteiger partial charge in [0.05, 0.1) is 14.2 Å². The number of benzene rings is 1. The summed E-state index contributed by atoms with van der Waals surface area (Å²) in [7, 11) is 3.23. The number of rotatable bonds is 4. The number of nitrogens with zero attached hydrogens (tertiary/aromatic N) is 2. The van der Waals surface area contributed by atoms with E-state index in [1.807, 2.05) is 24.3 Å². The van der Waals surface area contributed by atoms with Crippen molar-refractivity contribution in [3.63, 3.8) is 0 Å². The third kappa shape index (κ3) is 3.96. The van der Waals surface area contributed by atoms with Crippen LogP contribution in [0.15, 0.2) is 47.7 Å². The van der Waals surface area contributed by atoms with Gasteiger partial charge in [0, 0.05) is 30.2 Å². The zero-order valence-corrected chi connectivity index (χ0v) is 11.6. The molecule has 1 aromatic carbocycles. The molecule has 2 aromatic rings. The minimum absolute atomic E-state index is 0. The molecule has 0 atom stereocenters. The van der Waals surface area contributed by atoms with Crippen LogP contribution in [0.5, 0.6) is 11.5 Å². The predicted molar refractivity (Wildman–Crippen MR) is 78.3 cm³/mol. The molecule has 0 aliphatic rings. The molecular formula is C14H15ClN2O2. The van der Waals surface area contributed by atoms with Gasteiger partial charge in [-0.1, -0.05) is 6.07 Å². The predicted octanol–water partition coefficient (Wildman–Crippen LogP) is 3.27. The van der Waals surface area contributed by atoms with Gasteiger partial charge in [0.1, 0.15) is 17.2 Å². The lowest BCUT2D eigenvalue weighted by Crippen LogP contribution is -1.88. The Morgan fingerprint density at radius 3 is 2.63 bits per heavy atom. The lowest BCUT2D eigenvalue weighted by atomic mass is 10.2. The highest BCUT2D eigenvalue weighted by Gasteiger charge is 2.02. The summed E-state index contributed by atoms with van der Waals surface area (Å²) in [6.45, 7) is 0. The standard InChI is InChI=1S/C14H14N2O2.ClH/c1-17-12-5-6-13(14(8-12)18-2)16-10-11-4-3-7-15-9-11;/h3-10H,1-2H3;1H. The molecule has 0 fully saturated rings. The number of methoxy groups -OCH3 is 2. The van der Waals surface area contributed by atoms with Crippen LogP contribution in [0.2, 0.25) is 0 Å². The van der Waals surface area contributed by atoms with Crippen molar-refractivity contribution in [1.29, 1.82) is 0 Å². The van der Waals surface area contributed by atoms with Crippen LogP contribution >= 0.6 is 12.4 Å². The van der Waals surface area contributed by atoms with Crippen molar-refractivity contribution < 1.29 is 9.47 Å². The van der Waals surface area contributed by atoms with E-state index in [4.69, 9.17) is 9.47 Å². The molecular weight excluding hydrogens is 264 g/mol. The van der Waals surface area contributed by atoms with Crippen LogP contribution in [-0.4, -0.2) is 25.4 Å². The summed E-state index contributed by atoms with van der Waals surface area (Å²) in [6, 6.07) is 9.30. The summed E-state index contributed by atoms with van der Waals surface area (Å²) < 4.78 is 10.4. The Kier molecular flexibility index (Phi) is 5.82. The summed E-state index contributed by atoms with van der Waals surface area (Å²) in [6.07, 6.45) is 5.22. The van der Waals surface area contributed by atoms with Crippen LogP contribution in [0.4, 0.5) is 5.69 Å². The molecule has 0 unspecified atom stereocenters. The number of ether oxygens (including phenoxy) is 2. The average Bonchev–Trinajstić information content (AvgIpc) is 2.46. The molecule has 5 heteroatoms. The van der Waals surface area contributed by atoms with Crippen LogP contribution in [0.3, 0.4) is 0 Å². The first kappa shape index (κ1) is 15.0. The molecule has 1 heterocycles. The fraction of sp³-hybridized carbons (Fsp3) is 0.143. The molecule has 0 aliphatic carbocycles. The molecule has 1 aromatic heterocycles. The lowest BCUT2D eigenvalue weighted by Gasteiger charge is -2.06. The number of hydrogen-bond acceptors (Lipinski definition) is 4. The smallest absolute Gasteiger partial charge is 0.148 e. The van der Waals surface area contributed by atoms with Gasteiger partial charge in [0.15, 0.2) is 0 Å². The second-order valence-corrected chi connectivity index (χ2v) is 3.58. The molecule has 0 amide bonds. The van der Waals surface area contributed by atoms with Gasteiger partial charge in [-0.05, 0) is 18.2 Å². The zero-order valence-electron chi connectivity index (χ0n) is 10.7. The average molecular weight is 279 g/mol. The fourth-order valence-corrected chi connectivity index (χ4v) is 1.49. The van der Waals surface area contributed by atoms with E-state index >= 15 is 0 Å². The largest absolute Gasteiger partial charge is 0.497 e. The maximum absolute atomic E-state index is 5.27. The molecule has 19 heavy (non-hydrogen) atoms. The summed E-state index contributed by atoms with van der Waals surface area (Å²) in [5.74, 6) is 1.42. The zero-order chi connectivity index (χ0) is 12.8. The maximum Gasteiger partial charge on any atom is 0.148 e. The van der Waals surface area contributed by atoms with Crippen LogP contribution in [0.25, 0.3) is 0 Å². The van der Waals surface area contributed by atoms with Crippen LogP contribution in [-0.2, 0) is 0 Å². The van der Waals surface area contributed by atoms with Crippen molar-refractivity contribution in [2.45, 2.75) is 0 Å². The highest BCUT2D eigenvalue weighted by molar-refractivity contribution is 5.85. The molecule has 0 spiro atoms. The first-order valence-corrected chi connectivity index (χ1v) is 5.49. The van der Waals surface area contributed by atoms with Gasteiger partial charge in [-0.2, -0.15) is 0 Å². The van der Waals surface area contributed by atoms with Crippen molar-refractivity contribution in [1.82, 2.24) is 4.98 Å². The van der Waals surface area contributed by atoms with E-state index < -0.39 is 0 Å². The molecule has 2 rings (SSSR count). The highest BCUT2D eigenvalue weighted by atomic mass is 35.5. The summed E-state index contributed by atoms with van der Waals surface area (Å²) in [5, 5.41) is 0. The van der Waals surface area contributed by atoms with Gasteiger partial charge in [0.25, 0.3) is 0 Å². The molecule has 100 valence electrons. The van der Waals surface area contributed by atoms with E-state index in [1.54, 1.807) is 38.9 Å². The summed E-state index contributed by atoms with van der Waals surface area (Å²) in [4.78, 5) is 8.40. The molecule has 0 bridgehead atoms. The Labute approximate surface area is 118 Å². The topological polar surface area (TPSA) is 43.7 Å². The van der Waals surface area contributed by atoms with Gasteiger partial charge in [-0.3, -0.25) is 9.98 Å². The molecule has 0 N–H and O–H groups in total. The lowest BCUT2D eigenvalue weighted by molar-refractivity contribution is 0.395. The third-order valence-electron chi connectivity index (χ3n) is 2.42. The van der Waals surface area contributed by atoms with Gasteiger partial charge in [-0.15, -0.1) is 12.4 Å². The van der Waals surface area contributed by atoms with Gasteiger partial charge >= 0.3 is 0 Å². The van der Waals surface area contributed by atoms with Crippen molar-refractivity contribution in [2.75, 3.05) is 14.2 Å². The first-order valence-electron chi connectivity index (χ1n) is 5.49. The quantitative estimate of drug-likeness (QED) is 0.806. The van der Waals surface area contributed by atoms with Crippen LogP contribution < -0.4 is 9.47 Å². The number of aromatic nitrogens is 1. The van der Waals surface area contributed by atoms with Gasteiger partial charge in [0.2, 0.25) is 0 Å². The summed E-state index contributed by atoms with van der Waals surface area (Å²) >= 11 is 0. The fourth-order valence-electron chi connectivity index (χ4n) is 1.49. The summed E-state index contributed by atoms with van der Waals surface area (Å²) in [5.41, 5.74) is 1.69. The number of pyridine rings is 1. The van der Waals surface area contributed by atoms with Crippen molar-refractivity contribution in [3.05, 3.63) is 48.3 Å². The number of halogens is 1. The van der Waals surface area contributed by atoms with Crippen LogP contribution in [0.1, 0.15) is 5.56 Å². The van der Waals surface area contributed by atoms with E-state index in [-0.39, 0.29) is 12.4 Å².